The summed E-state index contributed by atoms with van der Waals surface area (Å²) in [5, 5.41) is 4.68. The van der Waals surface area contributed by atoms with Gasteiger partial charge in [0.05, 0.1) is 12.3 Å². The van der Waals surface area contributed by atoms with Crippen LogP contribution < -0.4 is 10.9 Å². The molecular weight excluding hydrogens is 168 g/mol. The molecule has 5 nitrogen and oxygen atoms in total. The molecule has 6 heteroatoms. The highest BCUT2D eigenvalue weighted by atomic mass is 32.2. The number of carbonyl (C=O) groups is 1. The molecule has 0 rings (SSSR count). The second-order valence-corrected chi connectivity index (χ2v) is 3.84. The highest BCUT2D eigenvalue weighted by Gasteiger charge is 2.04. The van der Waals surface area contributed by atoms with E-state index in [4.69, 9.17) is 5.73 Å². The van der Waals surface area contributed by atoms with E-state index in [9.17, 15) is 13.2 Å². The van der Waals surface area contributed by atoms with Crippen LogP contribution in [0.25, 0.3) is 0 Å². The Balaban J connectivity index is 3.51. The molecule has 0 atom stereocenters. The number of rotatable bonds is 5. The zero-order valence-corrected chi connectivity index (χ0v) is 6.80. The highest BCUT2D eigenvalue weighted by Crippen LogP contribution is 1.93. The lowest BCUT2D eigenvalue weighted by molar-refractivity contribution is -0.115. The van der Waals surface area contributed by atoms with Crippen LogP contribution in [-0.4, -0.2) is 20.0 Å². The van der Waals surface area contributed by atoms with Crippen molar-refractivity contribution in [2.45, 2.75) is 12.8 Å². The molecule has 65 valence electrons. The fraction of sp³-hybridized carbons (Fsp3) is 0.600. The van der Waals surface area contributed by atoms with Crippen molar-refractivity contribution in [1.82, 2.24) is 0 Å². The third-order valence-corrected chi connectivity index (χ3v) is 1.90. The number of primary sulfonamides is 1. The first kappa shape index (κ1) is 10.5. The van der Waals surface area contributed by atoms with Gasteiger partial charge >= 0.3 is 0 Å². The molecule has 1 radical (unpaired) electrons. The molecule has 0 saturated carbocycles. The summed E-state index contributed by atoms with van der Waals surface area (Å²) in [6.45, 7) is 0.920. The first-order valence-electron chi connectivity index (χ1n) is 3.04. The second kappa shape index (κ2) is 4.42. The standard InChI is InChI=1S/C5H11N2O3S/c6-4-5(8)2-1-3-11(7,9)10/h4H,1-3,6H2,(H2,7,9,10). The molecule has 4 N–H and O–H groups in total. The Morgan fingerprint density at radius 3 is 2.36 bits per heavy atom. The van der Waals surface area contributed by atoms with E-state index < -0.39 is 10.0 Å². The molecule has 0 aliphatic heterocycles. The zero-order chi connectivity index (χ0) is 8.91. The Morgan fingerprint density at radius 1 is 1.45 bits per heavy atom. The lowest BCUT2D eigenvalue weighted by atomic mass is 10.2. The van der Waals surface area contributed by atoms with Crippen molar-refractivity contribution in [2.75, 3.05) is 5.75 Å². The summed E-state index contributed by atoms with van der Waals surface area (Å²) >= 11 is 0. The predicted octanol–water partition coefficient (Wildman–Crippen LogP) is -1.26. The van der Waals surface area contributed by atoms with Crippen molar-refractivity contribution in [3.8, 4) is 0 Å². The van der Waals surface area contributed by atoms with Gasteiger partial charge in [0.25, 0.3) is 0 Å². The molecule has 0 unspecified atom stereocenters. The van der Waals surface area contributed by atoms with Gasteiger partial charge in [0.2, 0.25) is 10.0 Å². The lowest BCUT2D eigenvalue weighted by Gasteiger charge is -1.95. The van der Waals surface area contributed by atoms with E-state index in [1.165, 1.54) is 0 Å². The van der Waals surface area contributed by atoms with E-state index in [0.717, 1.165) is 6.54 Å². The van der Waals surface area contributed by atoms with E-state index in [0.29, 0.717) is 0 Å². The minimum Gasteiger partial charge on any atom is -0.320 e. The van der Waals surface area contributed by atoms with Gasteiger partial charge in [0.15, 0.2) is 5.78 Å². The van der Waals surface area contributed by atoms with Gasteiger partial charge in [-0.1, -0.05) is 0 Å². The summed E-state index contributed by atoms with van der Waals surface area (Å²) in [6, 6.07) is 0. The number of hydrogen-bond acceptors (Lipinski definition) is 4. The Kier molecular flexibility index (Phi) is 4.24. The van der Waals surface area contributed by atoms with E-state index in [-0.39, 0.29) is 24.4 Å². The zero-order valence-electron chi connectivity index (χ0n) is 5.99. The molecule has 11 heavy (non-hydrogen) atoms. The maximum Gasteiger partial charge on any atom is 0.209 e. The monoisotopic (exact) mass is 179 g/mol. The summed E-state index contributed by atoms with van der Waals surface area (Å²) in [5.74, 6) is -0.444. The van der Waals surface area contributed by atoms with Crippen LogP contribution in [0.1, 0.15) is 12.8 Å². The molecule has 0 amide bonds. The molecule has 0 fully saturated rings. The van der Waals surface area contributed by atoms with Gasteiger partial charge in [-0.15, -0.1) is 0 Å². The van der Waals surface area contributed by atoms with Crippen LogP contribution in [0.15, 0.2) is 0 Å². The van der Waals surface area contributed by atoms with Gasteiger partial charge in [-0.25, -0.2) is 13.6 Å². The van der Waals surface area contributed by atoms with Crippen LogP contribution >= 0.6 is 0 Å². The maximum atomic E-state index is 10.5. The molecule has 0 aliphatic carbocycles. The van der Waals surface area contributed by atoms with Crippen LogP contribution in [0.3, 0.4) is 0 Å². The number of hydrogen-bond donors (Lipinski definition) is 2. The predicted molar refractivity (Wildman–Crippen MR) is 40.7 cm³/mol. The Labute approximate surface area is 65.8 Å². The first-order valence-corrected chi connectivity index (χ1v) is 4.75. The van der Waals surface area contributed by atoms with Crippen molar-refractivity contribution in [2.24, 2.45) is 10.9 Å². The second-order valence-electron chi connectivity index (χ2n) is 2.10. The number of sulfonamides is 1. The van der Waals surface area contributed by atoms with Gasteiger partial charge in [0.1, 0.15) is 0 Å². The Bertz CT molecular complexity index is 222. The molecule has 0 aliphatic rings. The summed E-state index contributed by atoms with van der Waals surface area (Å²) in [7, 11) is -3.43. The van der Waals surface area contributed by atoms with Crippen molar-refractivity contribution in [3.63, 3.8) is 0 Å². The minimum atomic E-state index is -3.43. The Morgan fingerprint density at radius 2 is 2.00 bits per heavy atom. The summed E-state index contributed by atoms with van der Waals surface area (Å²) in [5.41, 5.74) is 4.87. The molecule has 0 spiro atoms. The molecule has 0 saturated heterocycles. The summed E-state index contributed by atoms with van der Waals surface area (Å²) in [6.07, 6.45) is 0.359. The lowest BCUT2D eigenvalue weighted by Crippen LogP contribution is -2.17. The van der Waals surface area contributed by atoms with E-state index in [1.54, 1.807) is 0 Å². The molecule has 0 aromatic heterocycles. The van der Waals surface area contributed by atoms with Gasteiger partial charge in [-0.3, -0.25) is 4.79 Å². The SMILES string of the molecule is N[CH]C(=O)CCCS(N)(=O)=O. The van der Waals surface area contributed by atoms with E-state index >= 15 is 0 Å². The van der Waals surface area contributed by atoms with Gasteiger partial charge < -0.3 is 5.73 Å². The number of Topliss-reactive ketones (excluding diaryl/α,β-unsaturated/α-hetero) is 1. The highest BCUT2D eigenvalue weighted by molar-refractivity contribution is 7.89. The van der Waals surface area contributed by atoms with E-state index in [2.05, 4.69) is 5.14 Å². The fourth-order valence-electron chi connectivity index (χ4n) is 0.531. The first-order chi connectivity index (χ1) is 4.95. The fourth-order valence-corrected chi connectivity index (χ4v) is 1.08. The average molecular weight is 179 g/mol. The van der Waals surface area contributed by atoms with Crippen molar-refractivity contribution < 1.29 is 13.2 Å². The third kappa shape index (κ3) is 7.44. The van der Waals surface area contributed by atoms with Gasteiger partial charge in [0, 0.05) is 6.42 Å². The normalized spacial score (nSPS) is 11.5. The molecule has 0 bridgehead atoms. The maximum absolute atomic E-state index is 10.5. The van der Waals surface area contributed by atoms with Crippen LogP contribution in [0.2, 0.25) is 0 Å². The number of nitrogens with two attached hydrogens (primary N) is 2. The molecule has 0 aromatic rings. The van der Waals surface area contributed by atoms with Crippen LogP contribution in [0.5, 0.6) is 0 Å². The van der Waals surface area contributed by atoms with Crippen molar-refractivity contribution in [3.05, 3.63) is 6.54 Å². The van der Waals surface area contributed by atoms with Crippen molar-refractivity contribution in [1.29, 1.82) is 0 Å². The van der Waals surface area contributed by atoms with E-state index in [1.807, 2.05) is 0 Å². The van der Waals surface area contributed by atoms with Gasteiger partial charge in [-0.05, 0) is 6.42 Å². The molecular formula is C5H11N2O3S. The summed E-state index contributed by atoms with van der Waals surface area (Å²) in [4.78, 5) is 10.5. The topological polar surface area (TPSA) is 103 Å². The van der Waals surface area contributed by atoms with Crippen LogP contribution in [0.4, 0.5) is 0 Å². The van der Waals surface area contributed by atoms with Crippen LogP contribution in [0, 0.1) is 6.54 Å². The van der Waals surface area contributed by atoms with Crippen LogP contribution in [-0.2, 0) is 14.8 Å². The number of carbonyl (C=O) groups excluding carboxylic acids is 1. The molecule has 0 aromatic carbocycles. The number of ketones is 1. The smallest absolute Gasteiger partial charge is 0.209 e. The van der Waals surface area contributed by atoms with Gasteiger partial charge in [-0.2, -0.15) is 0 Å². The molecule has 0 heterocycles. The largest absolute Gasteiger partial charge is 0.320 e. The summed E-state index contributed by atoms with van der Waals surface area (Å²) < 4.78 is 20.7. The third-order valence-electron chi connectivity index (χ3n) is 1.04. The quantitative estimate of drug-likeness (QED) is 0.550. The average Bonchev–Trinajstić information content (AvgIpc) is 1.85. The Hall–Kier alpha value is -0.460. The minimum absolute atomic E-state index is 0.132. The van der Waals surface area contributed by atoms with Crippen molar-refractivity contribution >= 4 is 15.8 Å².